The number of rotatable bonds is 10. The summed E-state index contributed by atoms with van der Waals surface area (Å²) in [5, 5.41) is 7.86. The summed E-state index contributed by atoms with van der Waals surface area (Å²) in [6, 6.07) is 13.6. The summed E-state index contributed by atoms with van der Waals surface area (Å²) in [4.78, 5) is 12.0. The Kier molecular flexibility index (Phi) is 7.63. The van der Waals surface area contributed by atoms with Crippen molar-refractivity contribution in [1.82, 2.24) is 5.32 Å². The summed E-state index contributed by atoms with van der Waals surface area (Å²) < 4.78 is 33.8. The van der Waals surface area contributed by atoms with E-state index >= 15 is 0 Å². The second kappa shape index (κ2) is 9.94. The van der Waals surface area contributed by atoms with Crippen molar-refractivity contribution in [3.63, 3.8) is 0 Å². The van der Waals surface area contributed by atoms with Gasteiger partial charge in [-0.1, -0.05) is 24.3 Å². The Morgan fingerprint density at radius 1 is 1.07 bits per heavy atom. The monoisotopic (exact) mass is 392 g/mol. The fourth-order valence-corrected chi connectivity index (χ4v) is 2.96. The van der Waals surface area contributed by atoms with Crippen molar-refractivity contribution < 1.29 is 22.7 Å². The maximum absolute atomic E-state index is 11.9. The van der Waals surface area contributed by atoms with Gasteiger partial charge in [0.15, 0.2) is 11.5 Å². The van der Waals surface area contributed by atoms with Gasteiger partial charge in [-0.3, -0.25) is 4.79 Å². The molecule has 7 nitrogen and oxygen atoms in total. The minimum atomic E-state index is -3.76. The second-order valence-corrected chi connectivity index (χ2v) is 7.36. The van der Waals surface area contributed by atoms with E-state index in [9.17, 15) is 13.2 Å². The predicted molar refractivity (Wildman–Crippen MR) is 102 cm³/mol. The molecule has 27 heavy (non-hydrogen) atoms. The summed E-state index contributed by atoms with van der Waals surface area (Å²) in [6.07, 6.45) is 0.842. The number of amides is 1. The lowest BCUT2D eigenvalue weighted by Gasteiger charge is -2.11. The van der Waals surface area contributed by atoms with Crippen LogP contribution in [0.1, 0.15) is 25.3 Å². The molecule has 1 amide bonds. The van der Waals surface area contributed by atoms with Gasteiger partial charge < -0.3 is 14.8 Å². The number of sulfonamides is 1. The predicted octanol–water partition coefficient (Wildman–Crippen LogP) is 2.21. The summed E-state index contributed by atoms with van der Waals surface area (Å²) in [5.74, 6) is 1.19. The fraction of sp³-hybridized carbons (Fsp3) is 0.316. The molecule has 2 rings (SSSR count). The van der Waals surface area contributed by atoms with Gasteiger partial charge in [0.2, 0.25) is 15.9 Å². The van der Waals surface area contributed by atoms with Crippen LogP contribution in [-0.4, -0.2) is 27.5 Å². The van der Waals surface area contributed by atoms with E-state index in [0.29, 0.717) is 43.1 Å². The third kappa shape index (κ3) is 6.92. The van der Waals surface area contributed by atoms with Gasteiger partial charge in [0.05, 0.1) is 18.1 Å². The molecular weight excluding hydrogens is 368 g/mol. The molecule has 0 aromatic heterocycles. The molecule has 0 atom stereocenters. The van der Waals surface area contributed by atoms with Gasteiger partial charge in [-0.05, 0) is 43.2 Å². The molecule has 0 unspecified atom stereocenters. The Bertz CT molecular complexity index is 868. The molecule has 8 heteroatoms. The summed E-state index contributed by atoms with van der Waals surface area (Å²) >= 11 is 0. The Morgan fingerprint density at radius 3 is 2.44 bits per heavy atom. The molecule has 0 radical (unpaired) electrons. The van der Waals surface area contributed by atoms with Crippen LogP contribution < -0.4 is 19.9 Å². The Hall–Kier alpha value is -2.58. The lowest BCUT2D eigenvalue weighted by molar-refractivity contribution is -0.121. The van der Waals surface area contributed by atoms with Crippen molar-refractivity contribution in [2.24, 2.45) is 5.14 Å². The van der Waals surface area contributed by atoms with Crippen molar-refractivity contribution in [3.05, 3.63) is 54.1 Å². The molecule has 2 aromatic carbocycles. The van der Waals surface area contributed by atoms with E-state index in [4.69, 9.17) is 14.6 Å². The van der Waals surface area contributed by atoms with Crippen LogP contribution in [0.4, 0.5) is 0 Å². The molecule has 0 saturated carbocycles. The van der Waals surface area contributed by atoms with Crippen molar-refractivity contribution in [2.45, 2.75) is 31.2 Å². The standard InChI is InChI=1S/C19H24N2O5S/c1-2-25-17-9-3-4-10-18(17)26-12-6-11-19(22)21-14-15-7-5-8-16(13-15)27(20,23)24/h3-5,7-10,13H,2,6,11-12,14H2,1H3,(H,21,22)(H2,20,23,24). The van der Waals surface area contributed by atoms with Crippen molar-refractivity contribution in [3.8, 4) is 11.5 Å². The number of primary sulfonamides is 1. The highest BCUT2D eigenvalue weighted by Crippen LogP contribution is 2.26. The summed E-state index contributed by atoms with van der Waals surface area (Å²) in [6.45, 7) is 3.07. The zero-order valence-electron chi connectivity index (χ0n) is 15.2. The first-order chi connectivity index (χ1) is 12.9. The molecule has 0 spiro atoms. The van der Waals surface area contributed by atoms with E-state index in [2.05, 4.69) is 5.32 Å². The average molecular weight is 392 g/mol. The van der Waals surface area contributed by atoms with E-state index in [-0.39, 0.29) is 17.3 Å². The summed E-state index contributed by atoms with van der Waals surface area (Å²) in [5.41, 5.74) is 0.664. The smallest absolute Gasteiger partial charge is 0.238 e. The first-order valence-corrected chi connectivity index (χ1v) is 10.2. The van der Waals surface area contributed by atoms with Crippen LogP contribution in [0.15, 0.2) is 53.4 Å². The minimum Gasteiger partial charge on any atom is -0.490 e. The third-order valence-corrected chi connectivity index (χ3v) is 4.58. The topological polar surface area (TPSA) is 108 Å². The van der Waals surface area contributed by atoms with Gasteiger partial charge in [0, 0.05) is 13.0 Å². The van der Waals surface area contributed by atoms with E-state index < -0.39 is 10.0 Å². The maximum Gasteiger partial charge on any atom is 0.238 e. The van der Waals surface area contributed by atoms with Gasteiger partial charge in [0.1, 0.15) is 0 Å². The number of benzene rings is 2. The summed E-state index contributed by atoms with van der Waals surface area (Å²) in [7, 11) is -3.76. The van der Waals surface area contributed by atoms with Crippen LogP contribution >= 0.6 is 0 Å². The van der Waals surface area contributed by atoms with E-state index in [1.54, 1.807) is 12.1 Å². The Morgan fingerprint density at radius 2 is 1.78 bits per heavy atom. The molecule has 2 aromatic rings. The van der Waals surface area contributed by atoms with Gasteiger partial charge in [-0.2, -0.15) is 0 Å². The van der Waals surface area contributed by atoms with Gasteiger partial charge >= 0.3 is 0 Å². The highest BCUT2D eigenvalue weighted by atomic mass is 32.2. The molecule has 0 aliphatic heterocycles. The molecule has 0 bridgehead atoms. The number of ether oxygens (including phenoxy) is 2. The van der Waals surface area contributed by atoms with Gasteiger partial charge in [-0.15, -0.1) is 0 Å². The number of para-hydroxylation sites is 2. The zero-order chi connectivity index (χ0) is 19.7. The molecule has 0 heterocycles. The Balaban J connectivity index is 1.74. The van der Waals surface area contributed by atoms with Crippen molar-refractivity contribution in [1.29, 1.82) is 0 Å². The van der Waals surface area contributed by atoms with Crippen LogP contribution in [0, 0.1) is 0 Å². The molecule has 3 N–H and O–H groups in total. The quantitative estimate of drug-likeness (QED) is 0.603. The SMILES string of the molecule is CCOc1ccccc1OCCCC(=O)NCc1cccc(S(N)(=O)=O)c1. The molecular formula is C19H24N2O5S. The van der Waals surface area contributed by atoms with Crippen LogP contribution in [0.25, 0.3) is 0 Å². The minimum absolute atomic E-state index is 0.0237. The average Bonchev–Trinajstić information content (AvgIpc) is 2.64. The van der Waals surface area contributed by atoms with Gasteiger partial charge in [0.25, 0.3) is 0 Å². The number of hydrogen-bond donors (Lipinski definition) is 2. The molecule has 0 saturated heterocycles. The van der Waals surface area contributed by atoms with E-state index in [1.165, 1.54) is 12.1 Å². The maximum atomic E-state index is 11.9. The first-order valence-electron chi connectivity index (χ1n) is 8.63. The highest BCUT2D eigenvalue weighted by molar-refractivity contribution is 7.89. The number of hydrogen-bond acceptors (Lipinski definition) is 5. The molecule has 0 fully saturated rings. The van der Waals surface area contributed by atoms with Crippen LogP contribution in [0.3, 0.4) is 0 Å². The third-order valence-electron chi connectivity index (χ3n) is 3.67. The highest BCUT2D eigenvalue weighted by Gasteiger charge is 2.09. The zero-order valence-corrected chi connectivity index (χ0v) is 16.0. The molecule has 146 valence electrons. The van der Waals surface area contributed by atoms with Crippen LogP contribution in [-0.2, 0) is 21.4 Å². The second-order valence-electron chi connectivity index (χ2n) is 5.80. The van der Waals surface area contributed by atoms with E-state index in [1.807, 2.05) is 31.2 Å². The number of nitrogens with one attached hydrogen (secondary N) is 1. The lowest BCUT2D eigenvalue weighted by atomic mass is 10.2. The van der Waals surface area contributed by atoms with E-state index in [0.717, 1.165) is 0 Å². The number of nitrogens with two attached hydrogens (primary N) is 1. The fourth-order valence-electron chi connectivity index (χ4n) is 2.38. The number of carbonyl (C=O) groups is 1. The number of carbonyl (C=O) groups excluding carboxylic acids is 1. The normalized spacial score (nSPS) is 11.0. The van der Waals surface area contributed by atoms with Crippen LogP contribution in [0.2, 0.25) is 0 Å². The van der Waals surface area contributed by atoms with Crippen molar-refractivity contribution >= 4 is 15.9 Å². The molecule has 0 aliphatic carbocycles. The largest absolute Gasteiger partial charge is 0.490 e. The first kappa shape index (κ1) is 20.7. The van der Waals surface area contributed by atoms with Crippen LogP contribution in [0.5, 0.6) is 11.5 Å². The van der Waals surface area contributed by atoms with Crippen molar-refractivity contribution in [2.75, 3.05) is 13.2 Å². The van der Waals surface area contributed by atoms with Gasteiger partial charge in [-0.25, -0.2) is 13.6 Å². The lowest BCUT2D eigenvalue weighted by Crippen LogP contribution is -2.23. The molecule has 0 aliphatic rings. The Labute approximate surface area is 159 Å².